The van der Waals surface area contributed by atoms with Crippen molar-refractivity contribution in [2.24, 2.45) is 0 Å². The molecule has 0 fully saturated rings. The van der Waals surface area contributed by atoms with Gasteiger partial charge in [-0.05, 0) is 26.8 Å². The van der Waals surface area contributed by atoms with Crippen LogP contribution in [-0.2, 0) is 13.0 Å². The lowest BCUT2D eigenvalue weighted by molar-refractivity contribution is 0.111. The molecule has 0 radical (unpaired) electrons. The van der Waals surface area contributed by atoms with E-state index in [0.717, 1.165) is 31.4 Å². The van der Waals surface area contributed by atoms with E-state index >= 15 is 0 Å². The summed E-state index contributed by atoms with van der Waals surface area (Å²) in [5, 5.41) is 7.62. The Labute approximate surface area is 83.3 Å². The molecule has 0 bridgehead atoms. The summed E-state index contributed by atoms with van der Waals surface area (Å²) in [6, 6.07) is 0.317. The number of hydrogen-bond acceptors (Lipinski definition) is 3. The molecule has 2 rings (SSSR count). The summed E-state index contributed by atoms with van der Waals surface area (Å²) >= 11 is 0. The summed E-state index contributed by atoms with van der Waals surface area (Å²) in [4.78, 5) is 10.8. The van der Waals surface area contributed by atoms with Gasteiger partial charge in [0.15, 0.2) is 6.29 Å². The zero-order valence-electron chi connectivity index (χ0n) is 8.58. The van der Waals surface area contributed by atoms with E-state index in [9.17, 15) is 4.79 Å². The van der Waals surface area contributed by atoms with Crippen LogP contribution in [0.1, 0.15) is 41.6 Å². The van der Waals surface area contributed by atoms with Gasteiger partial charge in [-0.2, -0.15) is 5.10 Å². The molecule has 1 aliphatic heterocycles. The maximum absolute atomic E-state index is 10.8. The number of aromatic nitrogens is 2. The first-order valence-corrected chi connectivity index (χ1v) is 5.00. The minimum atomic E-state index is 0.317. The molecule has 1 aliphatic rings. The normalized spacial score (nSPS) is 15.6. The number of nitrogens with one attached hydrogen (secondary N) is 1. The van der Waals surface area contributed by atoms with Crippen LogP contribution in [0, 0.1) is 0 Å². The molecule has 0 amide bonds. The molecule has 0 spiro atoms. The van der Waals surface area contributed by atoms with Crippen LogP contribution in [0.25, 0.3) is 0 Å². The summed E-state index contributed by atoms with van der Waals surface area (Å²) in [6.45, 7) is 5.93. The zero-order chi connectivity index (χ0) is 10.1. The number of aldehydes is 1. The molecule has 1 aromatic rings. The summed E-state index contributed by atoms with van der Waals surface area (Å²) < 4.78 is 1.95. The second-order valence-electron chi connectivity index (χ2n) is 3.89. The van der Waals surface area contributed by atoms with E-state index in [1.807, 2.05) is 4.68 Å². The van der Waals surface area contributed by atoms with E-state index in [-0.39, 0.29) is 0 Å². The smallest absolute Gasteiger partial charge is 0.170 e. The fourth-order valence-electron chi connectivity index (χ4n) is 1.92. The summed E-state index contributed by atoms with van der Waals surface area (Å²) in [7, 11) is 0. The number of carbonyl (C=O) groups is 1. The van der Waals surface area contributed by atoms with Gasteiger partial charge in [0.05, 0.1) is 5.69 Å². The van der Waals surface area contributed by atoms with E-state index in [1.165, 1.54) is 5.69 Å². The number of hydrogen-bond donors (Lipinski definition) is 1. The molecular weight excluding hydrogens is 178 g/mol. The average molecular weight is 193 g/mol. The molecule has 0 aliphatic carbocycles. The predicted molar refractivity (Wildman–Crippen MR) is 53.4 cm³/mol. The first kappa shape index (κ1) is 9.40. The highest BCUT2D eigenvalue weighted by Gasteiger charge is 2.20. The Hall–Kier alpha value is -1.16. The molecule has 0 atom stereocenters. The van der Waals surface area contributed by atoms with Gasteiger partial charge < -0.3 is 5.32 Å². The van der Waals surface area contributed by atoms with Crippen LogP contribution in [0.3, 0.4) is 0 Å². The fraction of sp³-hybridized carbons (Fsp3) is 0.600. The lowest BCUT2D eigenvalue weighted by Crippen LogP contribution is -2.26. The van der Waals surface area contributed by atoms with Crippen molar-refractivity contribution >= 4 is 6.29 Å². The lowest BCUT2D eigenvalue weighted by atomic mass is 10.1. The minimum Gasteiger partial charge on any atom is -0.311 e. The maximum atomic E-state index is 10.8. The number of rotatable bonds is 2. The summed E-state index contributed by atoms with van der Waals surface area (Å²) in [5.74, 6) is 0. The standard InChI is InChI=1S/C10H15N3O/c1-7(2)13-10-5-11-4-3-8(10)9(6-14)12-13/h6-7,11H,3-5H2,1-2H3. The molecule has 0 unspecified atom stereocenters. The molecule has 76 valence electrons. The number of carbonyl (C=O) groups excluding carboxylic acids is 1. The molecule has 2 heterocycles. The van der Waals surface area contributed by atoms with Crippen molar-refractivity contribution in [1.82, 2.24) is 15.1 Å². The van der Waals surface area contributed by atoms with Crippen LogP contribution in [0.4, 0.5) is 0 Å². The molecule has 1 N–H and O–H groups in total. The third kappa shape index (κ3) is 1.35. The highest BCUT2D eigenvalue weighted by Crippen LogP contribution is 2.20. The summed E-state index contributed by atoms with van der Waals surface area (Å²) in [5.41, 5.74) is 2.93. The van der Waals surface area contributed by atoms with Gasteiger partial charge in [-0.3, -0.25) is 9.48 Å². The third-order valence-corrected chi connectivity index (χ3v) is 2.59. The Morgan fingerprint density at radius 3 is 3.00 bits per heavy atom. The van der Waals surface area contributed by atoms with E-state index < -0.39 is 0 Å². The highest BCUT2D eigenvalue weighted by molar-refractivity contribution is 5.75. The van der Waals surface area contributed by atoms with Gasteiger partial charge in [0.2, 0.25) is 0 Å². The average Bonchev–Trinajstić information content (AvgIpc) is 2.56. The van der Waals surface area contributed by atoms with Crippen LogP contribution in [0.5, 0.6) is 0 Å². The van der Waals surface area contributed by atoms with Gasteiger partial charge in [0.25, 0.3) is 0 Å². The lowest BCUT2D eigenvalue weighted by Gasteiger charge is -2.17. The fourth-order valence-corrected chi connectivity index (χ4v) is 1.92. The van der Waals surface area contributed by atoms with Gasteiger partial charge in [-0.25, -0.2) is 0 Å². The van der Waals surface area contributed by atoms with Crippen LogP contribution >= 0.6 is 0 Å². The Kier molecular flexibility index (Phi) is 2.37. The van der Waals surface area contributed by atoms with Gasteiger partial charge in [-0.15, -0.1) is 0 Å². The molecule has 0 saturated heterocycles. The van der Waals surface area contributed by atoms with Gasteiger partial charge in [0.1, 0.15) is 5.69 Å². The Morgan fingerprint density at radius 2 is 2.36 bits per heavy atom. The van der Waals surface area contributed by atoms with Crippen molar-refractivity contribution in [2.75, 3.05) is 6.54 Å². The molecule has 0 saturated carbocycles. The van der Waals surface area contributed by atoms with Crippen molar-refractivity contribution < 1.29 is 4.79 Å². The first-order chi connectivity index (χ1) is 6.74. The van der Waals surface area contributed by atoms with E-state index in [2.05, 4.69) is 24.3 Å². The van der Waals surface area contributed by atoms with E-state index in [0.29, 0.717) is 11.7 Å². The van der Waals surface area contributed by atoms with Gasteiger partial charge >= 0.3 is 0 Å². The van der Waals surface area contributed by atoms with Crippen molar-refractivity contribution in [3.63, 3.8) is 0 Å². The third-order valence-electron chi connectivity index (χ3n) is 2.59. The molecule has 0 aromatic carbocycles. The SMILES string of the molecule is CC(C)n1nc(C=O)c2c1CNCC2. The van der Waals surface area contributed by atoms with Crippen LogP contribution < -0.4 is 5.32 Å². The Morgan fingerprint density at radius 1 is 1.57 bits per heavy atom. The topological polar surface area (TPSA) is 46.9 Å². The number of fused-ring (bicyclic) bond motifs is 1. The minimum absolute atomic E-state index is 0.317. The molecule has 14 heavy (non-hydrogen) atoms. The maximum Gasteiger partial charge on any atom is 0.170 e. The predicted octanol–water partition coefficient (Wildman–Crippen LogP) is 0.922. The second-order valence-corrected chi connectivity index (χ2v) is 3.89. The molecule has 4 nitrogen and oxygen atoms in total. The molecule has 1 aromatic heterocycles. The monoisotopic (exact) mass is 193 g/mol. The summed E-state index contributed by atoms with van der Waals surface area (Å²) in [6.07, 6.45) is 1.78. The highest BCUT2D eigenvalue weighted by atomic mass is 16.1. The van der Waals surface area contributed by atoms with Crippen molar-refractivity contribution in [3.8, 4) is 0 Å². The number of nitrogens with zero attached hydrogens (tertiary/aromatic N) is 2. The largest absolute Gasteiger partial charge is 0.311 e. The van der Waals surface area contributed by atoms with Gasteiger partial charge in [-0.1, -0.05) is 0 Å². The van der Waals surface area contributed by atoms with Crippen LogP contribution in [-0.4, -0.2) is 22.6 Å². The zero-order valence-corrected chi connectivity index (χ0v) is 8.58. The quantitative estimate of drug-likeness (QED) is 0.710. The molecule has 4 heteroatoms. The van der Waals surface area contributed by atoms with Crippen molar-refractivity contribution in [2.45, 2.75) is 32.9 Å². The Bertz CT molecular complexity index is 354. The molecular formula is C10H15N3O. The van der Waals surface area contributed by atoms with E-state index in [1.54, 1.807) is 0 Å². The van der Waals surface area contributed by atoms with Gasteiger partial charge in [0, 0.05) is 18.2 Å². The second kappa shape index (κ2) is 3.53. The van der Waals surface area contributed by atoms with Crippen molar-refractivity contribution in [1.29, 1.82) is 0 Å². The van der Waals surface area contributed by atoms with Crippen LogP contribution in [0.15, 0.2) is 0 Å². The van der Waals surface area contributed by atoms with E-state index in [4.69, 9.17) is 0 Å². The van der Waals surface area contributed by atoms with Crippen LogP contribution in [0.2, 0.25) is 0 Å². The Balaban J connectivity index is 2.52. The first-order valence-electron chi connectivity index (χ1n) is 5.00. The van der Waals surface area contributed by atoms with Crippen molar-refractivity contribution in [3.05, 3.63) is 17.0 Å².